The Morgan fingerprint density at radius 1 is 1.00 bits per heavy atom. The molecule has 27 heavy (non-hydrogen) atoms. The van der Waals surface area contributed by atoms with Crippen molar-refractivity contribution in [3.63, 3.8) is 0 Å². The number of aromatic amines is 1. The minimum atomic E-state index is -4.50. The molecule has 0 bridgehead atoms. The van der Waals surface area contributed by atoms with Crippen LogP contribution in [0.3, 0.4) is 0 Å². The summed E-state index contributed by atoms with van der Waals surface area (Å²) in [6.07, 6.45) is -2.79. The van der Waals surface area contributed by atoms with Gasteiger partial charge in [-0.15, -0.1) is 10.2 Å². The maximum atomic E-state index is 12.8. The molecule has 2 aromatic heterocycles. The molecule has 1 aliphatic heterocycles. The van der Waals surface area contributed by atoms with Crippen molar-refractivity contribution in [2.75, 3.05) is 31.1 Å². The molecule has 0 saturated carbocycles. The number of hydrogen-bond donors (Lipinski definition) is 1. The molecule has 140 valence electrons. The lowest BCUT2D eigenvalue weighted by atomic mass is 10.1. The second-order valence-corrected chi connectivity index (χ2v) is 6.30. The van der Waals surface area contributed by atoms with E-state index >= 15 is 0 Å². The SMILES string of the molecule is O=C(c1c[nH]c2ccccc12)N1CCN(c2ccc(C(F)(F)F)nn2)CC1. The number of carbonyl (C=O) groups excluding carboxylic acids is 1. The van der Waals surface area contributed by atoms with Crippen LogP contribution in [-0.2, 0) is 6.18 Å². The third-order valence-corrected chi connectivity index (χ3v) is 4.65. The van der Waals surface area contributed by atoms with Crippen molar-refractivity contribution in [1.29, 1.82) is 0 Å². The molecule has 1 aromatic carbocycles. The van der Waals surface area contributed by atoms with Crippen LogP contribution in [0.1, 0.15) is 16.1 Å². The fraction of sp³-hybridized carbons (Fsp3) is 0.278. The van der Waals surface area contributed by atoms with Gasteiger partial charge in [0.15, 0.2) is 11.5 Å². The minimum Gasteiger partial charge on any atom is -0.360 e. The van der Waals surface area contributed by atoms with Crippen molar-refractivity contribution in [1.82, 2.24) is 20.1 Å². The number of para-hydroxylation sites is 1. The summed E-state index contributed by atoms with van der Waals surface area (Å²) in [6.45, 7) is 1.88. The van der Waals surface area contributed by atoms with Gasteiger partial charge in [-0.3, -0.25) is 4.79 Å². The average Bonchev–Trinajstić information content (AvgIpc) is 3.11. The number of amides is 1. The predicted octanol–water partition coefficient (Wildman–Crippen LogP) is 2.94. The number of benzene rings is 1. The lowest BCUT2D eigenvalue weighted by molar-refractivity contribution is -0.141. The van der Waals surface area contributed by atoms with Crippen LogP contribution in [0.15, 0.2) is 42.6 Å². The van der Waals surface area contributed by atoms with Gasteiger partial charge in [0.05, 0.1) is 5.56 Å². The summed E-state index contributed by atoms with van der Waals surface area (Å²) in [5.74, 6) is 0.313. The summed E-state index contributed by atoms with van der Waals surface area (Å²) >= 11 is 0. The van der Waals surface area contributed by atoms with Crippen molar-refractivity contribution in [2.45, 2.75) is 6.18 Å². The second kappa shape index (κ2) is 6.57. The first-order valence-corrected chi connectivity index (χ1v) is 8.45. The average molecular weight is 375 g/mol. The van der Waals surface area contributed by atoms with Crippen LogP contribution >= 0.6 is 0 Å². The summed E-state index contributed by atoms with van der Waals surface area (Å²) in [6, 6.07) is 9.82. The van der Waals surface area contributed by atoms with E-state index in [0.717, 1.165) is 17.0 Å². The third kappa shape index (κ3) is 3.32. The fourth-order valence-corrected chi connectivity index (χ4v) is 3.20. The smallest absolute Gasteiger partial charge is 0.360 e. The summed E-state index contributed by atoms with van der Waals surface area (Å²) in [7, 11) is 0. The highest BCUT2D eigenvalue weighted by atomic mass is 19.4. The first-order chi connectivity index (χ1) is 12.9. The molecule has 3 aromatic rings. The quantitative estimate of drug-likeness (QED) is 0.748. The molecule has 1 amide bonds. The zero-order valence-electron chi connectivity index (χ0n) is 14.2. The highest BCUT2D eigenvalue weighted by Crippen LogP contribution is 2.28. The van der Waals surface area contributed by atoms with E-state index in [9.17, 15) is 18.0 Å². The Morgan fingerprint density at radius 3 is 2.41 bits per heavy atom. The van der Waals surface area contributed by atoms with Crippen molar-refractivity contribution < 1.29 is 18.0 Å². The van der Waals surface area contributed by atoms with Crippen LogP contribution < -0.4 is 4.90 Å². The summed E-state index contributed by atoms with van der Waals surface area (Å²) in [5, 5.41) is 7.80. The summed E-state index contributed by atoms with van der Waals surface area (Å²) < 4.78 is 37.8. The number of nitrogens with zero attached hydrogens (tertiary/aromatic N) is 4. The molecule has 3 heterocycles. The van der Waals surface area contributed by atoms with E-state index in [1.165, 1.54) is 6.07 Å². The molecule has 0 spiro atoms. The number of fused-ring (bicyclic) bond motifs is 1. The van der Waals surface area contributed by atoms with Crippen molar-refractivity contribution >= 4 is 22.6 Å². The molecule has 0 unspecified atom stereocenters. The van der Waals surface area contributed by atoms with Crippen LogP contribution in [0.4, 0.5) is 19.0 Å². The summed E-state index contributed by atoms with van der Waals surface area (Å²) in [4.78, 5) is 19.5. The minimum absolute atomic E-state index is 0.0643. The lowest BCUT2D eigenvalue weighted by Gasteiger charge is -2.35. The van der Waals surface area contributed by atoms with Gasteiger partial charge in [-0.2, -0.15) is 13.2 Å². The first-order valence-electron chi connectivity index (χ1n) is 8.45. The van der Waals surface area contributed by atoms with Crippen LogP contribution in [-0.4, -0.2) is 52.2 Å². The molecule has 0 aliphatic carbocycles. The highest BCUT2D eigenvalue weighted by molar-refractivity contribution is 6.06. The van der Waals surface area contributed by atoms with Gasteiger partial charge < -0.3 is 14.8 Å². The van der Waals surface area contributed by atoms with Gasteiger partial charge in [0.25, 0.3) is 5.91 Å². The molecule has 0 radical (unpaired) electrons. The number of H-pyrrole nitrogens is 1. The van der Waals surface area contributed by atoms with Crippen LogP contribution in [0.2, 0.25) is 0 Å². The third-order valence-electron chi connectivity index (χ3n) is 4.65. The van der Waals surface area contributed by atoms with Crippen molar-refractivity contribution in [3.05, 3.63) is 53.9 Å². The van der Waals surface area contributed by atoms with E-state index < -0.39 is 11.9 Å². The van der Waals surface area contributed by atoms with Crippen molar-refractivity contribution in [3.8, 4) is 0 Å². The normalized spacial score (nSPS) is 15.4. The zero-order valence-corrected chi connectivity index (χ0v) is 14.2. The Kier molecular flexibility index (Phi) is 4.21. The van der Waals surface area contributed by atoms with Crippen molar-refractivity contribution in [2.24, 2.45) is 0 Å². The second-order valence-electron chi connectivity index (χ2n) is 6.30. The van der Waals surface area contributed by atoms with Gasteiger partial charge in [0, 0.05) is 43.3 Å². The Hall–Kier alpha value is -3.10. The zero-order chi connectivity index (χ0) is 19.0. The van der Waals surface area contributed by atoms with Gasteiger partial charge in [-0.1, -0.05) is 18.2 Å². The Bertz CT molecular complexity index is 959. The molecule has 1 saturated heterocycles. The van der Waals surface area contributed by atoms with Gasteiger partial charge in [-0.05, 0) is 18.2 Å². The first kappa shape index (κ1) is 17.3. The number of piperazine rings is 1. The van der Waals surface area contributed by atoms with Gasteiger partial charge in [0.2, 0.25) is 0 Å². The van der Waals surface area contributed by atoms with Crippen LogP contribution in [0.25, 0.3) is 10.9 Å². The molecule has 1 fully saturated rings. The number of halogens is 3. The van der Waals surface area contributed by atoms with E-state index in [2.05, 4.69) is 15.2 Å². The maximum absolute atomic E-state index is 12.8. The highest BCUT2D eigenvalue weighted by Gasteiger charge is 2.33. The molecular weight excluding hydrogens is 359 g/mol. The maximum Gasteiger partial charge on any atom is 0.435 e. The molecular formula is C18H16F3N5O. The number of aromatic nitrogens is 3. The molecule has 4 rings (SSSR count). The van der Waals surface area contributed by atoms with Gasteiger partial charge in [-0.25, -0.2) is 0 Å². The predicted molar refractivity (Wildman–Crippen MR) is 93.4 cm³/mol. The molecule has 1 aliphatic rings. The Labute approximate surface area is 152 Å². The lowest BCUT2D eigenvalue weighted by Crippen LogP contribution is -2.49. The number of alkyl halides is 3. The fourth-order valence-electron chi connectivity index (χ4n) is 3.20. The Morgan fingerprint density at radius 2 is 1.74 bits per heavy atom. The van der Waals surface area contributed by atoms with Gasteiger partial charge >= 0.3 is 6.18 Å². The number of hydrogen-bond acceptors (Lipinski definition) is 4. The van der Waals surface area contributed by atoms with Gasteiger partial charge in [0.1, 0.15) is 0 Å². The largest absolute Gasteiger partial charge is 0.435 e. The molecule has 1 N–H and O–H groups in total. The summed E-state index contributed by atoms with van der Waals surface area (Å²) in [5.41, 5.74) is 0.507. The monoisotopic (exact) mass is 375 g/mol. The molecule has 6 nitrogen and oxygen atoms in total. The number of carbonyl (C=O) groups is 1. The van der Waals surface area contributed by atoms with E-state index in [1.54, 1.807) is 11.1 Å². The number of rotatable bonds is 2. The standard InChI is InChI=1S/C18H16F3N5O/c19-18(20,21)15-5-6-16(24-23-15)25-7-9-26(10-8-25)17(27)13-11-22-14-4-2-1-3-12(13)14/h1-6,11,22H,7-10H2. The number of anilines is 1. The van der Waals surface area contributed by atoms with Crippen LogP contribution in [0.5, 0.6) is 0 Å². The molecule has 0 atom stereocenters. The number of nitrogens with one attached hydrogen (secondary N) is 1. The van der Waals surface area contributed by atoms with E-state index in [-0.39, 0.29) is 5.91 Å². The topological polar surface area (TPSA) is 65.1 Å². The Balaban J connectivity index is 1.43. The molecule has 9 heteroatoms. The van der Waals surface area contributed by atoms with E-state index in [1.807, 2.05) is 29.2 Å². The van der Waals surface area contributed by atoms with E-state index in [0.29, 0.717) is 37.6 Å². The van der Waals surface area contributed by atoms with E-state index in [4.69, 9.17) is 0 Å². The van der Waals surface area contributed by atoms with Crippen LogP contribution in [0, 0.1) is 0 Å².